The minimum absolute atomic E-state index is 0.0419. The molecule has 5 heteroatoms. The van der Waals surface area contributed by atoms with Crippen LogP contribution in [-0.4, -0.2) is 52.9 Å². The SMILES string of the molecule is CC(C)N1CCC(N(C)C(=O)c2cc3cccc(Cl)c3[nH]2)CC1. The third kappa shape index (κ3) is 3.24. The number of carbonyl (C=O) groups excluding carboxylic acids is 1. The number of para-hydroxylation sites is 1. The van der Waals surface area contributed by atoms with Gasteiger partial charge in [0.1, 0.15) is 5.69 Å². The molecule has 3 rings (SSSR count). The molecule has 0 saturated carbocycles. The number of hydrogen-bond donors (Lipinski definition) is 1. The van der Waals surface area contributed by atoms with Crippen LogP contribution < -0.4 is 0 Å². The molecular formula is C18H24ClN3O. The summed E-state index contributed by atoms with van der Waals surface area (Å²) < 4.78 is 0. The summed E-state index contributed by atoms with van der Waals surface area (Å²) >= 11 is 6.19. The molecule has 124 valence electrons. The van der Waals surface area contributed by atoms with E-state index in [4.69, 9.17) is 11.6 Å². The van der Waals surface area contributed by atoms with E-state index in [-0.39, 0.29) is 5.91 Å². The molecule has 4 nitrogen and oxygen atoms in total. The van der Waals surface area contributed by atoms with Crippen molar-refractivity contribution in [1.82, 2.24) is 14.8 Å². The number of amides is 1. The fraction of sp³-hybridized carbons (Fsp3) is 0.500. The normalized spacial score (nSPS) is 17.1. The lowest BCUT2D eigenvalue weighted by atomic mass is 10.0. The average Bonchev–Trinajstić information content (AvgIpc) is 2.99. The summed E-state index contributed by atoms with van der Waals surface area (Å²) in [7, 11) is 1.91. The lowest BCUT2D eigenvalue weighted by molar-refractivity contribution is 0.0611. The molecule has 0 radical (unpaired) electrons. The van der Waals surface area contributed by atoms with Crippen LogP contribution in [0.15, 0.2) is 24.3 Å². The van der Waals surface area contributed by atoms with Crippen LogP contribution in [0.2, 0.25) is 5.02 Å². The van der Waals surface area contributed by atoms with Crippen LogP contribution in [0.25, 0.3) is 10.9 Å². The van der Waals surface area contributed by atoms with Gasteiger partial charge in [-0.3, -0.25) is 4.79 Å². The topological polar surface area (TPSA) is 39.3 Å². The average molecular weight is 334 g/mol. The number of aromatic nitrogens is 1. The molecular weight excluding hydrogens is 310 g/mol. The van der Waals surface area contributed by atoms with Gasteiger partial charge in [0.15, 0.2) is 0 Å². The van der Waals surface area contributed by atoms with Gasteiger partial charge in [0.05, 0.1) is 10.5 Å². The van der Waals surface area contributed by atoms with Crippen LogP contribution in [0.5, 0.6) is 0 Å². The first-order chi connectivity index (χ1) is 11.0. The maximum absolute atomic E-state index is 12.8. The second-order valence-corrected chi connectivity index (χ2v) is 7.07. The van der Waals surface area contributed by atoms with Crippen molar-refractivity contribution < 1.29 is 4.79 Å². The van der Waals surface area contributed by atoms with E-state index in [1.54, 1.807) is 0 Å². The Bertz CT molecular complexity index is 701. The molecule has 0 aliphatic carbocycles. The number of likely N-dealkylation sites (tertiary alicyclic amines) is 1. The van der Waals surface area contributed by atoms with Crippen molar-refractivity contribution in [1.29, 1.82) is 0 Å². The number of rotatable bonds is 3. The number of carbonyl (C=O) groups is 1. The fourth-order valence-electron chi connectivity index (χ4n) is 3.38. The minimum Gasteiger partial charge on any atom is -0.349 e. The first kappa shape index (κ1) is 16.3. The number of aromatic amines is 1. The van der Waals surface area contributed by atoms with Gasteiger partial charge in [-0.25, -0.2) is 0 Å². The predicted molar refractivity (Wildman–Crippen MR) is 95.1 cm³/mol. The first-order valence-corrected chi connectivity index (χ1v) is 8.63. The molecule has 1 aliphatic heterocycles. The Morgan fingerprint density at radius 1 is 1.35 bits per heavy atom. The van der Waals surface area contributed by atoms with Gasteiger partial charge in [-0.1, -0.05) is 23.7 Å². The zero-order valence-corrected chi connectivity index (χ0v) is 14.7. The van der Waals surface area contributed by atoms with E-state index >= 15 is 0 Å². The van der Waals surface area contributed by atoms with E-state index in [9.17, 15) is 4.79 Å². The maximum atomic E-state index is 12.8. The van der Waals surface area contributed by atoms with Crippen LogP contribution in [0, 0.1) is 0 Å². The predicted octanol–water partition coefficient (Wildman–Crippen LogP) is 3.77. The highest BCUT2D eigenvalue weighted by molar-refractivity contribution is 6.35. The highest BCUT2D eigenvalue weighted by Gasteiger charge is 2.27. The van der Waals surface area contributed by atoms with Gasteiger partial charge in [0.2, 0.25) is 0 Å². The molecule has 2 heterocycles. The van der Waals surface area contributed by atoms with Gasteiger partial charge in [-0.15, -0.1) is 0 Å². The summed E-state index contributed by atoms with van der Waals surface area (Å²) in [4.78, 5) is 20.3. The second kappa shape index (κ2) is 6.54. The Balaban J connectivity index is 1.73. The highest BCUT2D eigenvalue weighted by atomic mass is 35.5. The van der Waals surface area contributed by atoms with Crippen molar-refractivity contribution >= 4 is 28.4 Å². The third-order valence-electron chi connectivity index (χ3n) is 4.93. The molecule has 0 unspecified atom stereocenters. The fourth-order valence-corrected chi connectivity index (χ4v) is 3.61. The summed E-state index contributed by atoms with van der Waals surface area (Å²) in [5, 5.41) is 1.62. The zero-order valence-electron chi connectivity index (χ0n) is 14.0. The van der Waals surface area contributed by atoms with Crippen LogP contribution >= 0.6 is 11.6 Å². The standard InChI is InChI=1S/C18H24ClN3O/c1-12(2)22-9-7-14(8-10-22)21(3)18(23)16-11-13-5-4-6-15(19)17(13)20-16/h4-6,11-12,14,20H,7-10H2,1-3H3. The van der Waals surface area contributed by atoms with E-state index in [1.807, 2.05) is 36.2 Å². The third-order valence-corrected chi connectivity index (χ3v) is 5.25. The molecule has 0 spiro atoms. The second-order valence-electron chi connectivity index (χ2n) is 6.66. The number of H-pyrrole nitrogens is 1. The van der Waals surface area contributed by atoms with E-state index in [0.29, 0.717) is 22.8 Å². The number of halogens is 1. The molecule has 1 N–H and O–H groups in total. The lowest BCUT2D eigenvalue weighted by Gasteiger charge is -2.38. The van der Waals surface area contributed by atoms with Gasteiger partial charge < -0.3 is 14.8 Å². The van der Waals surface area contributed by atoms with Gasteiger partial charge >= 0.3 is 0 Å². The Morgan fingerprint density at radius 3 is 2.65 bits per heavy atom. The molecule has 23 heavy (non-hydrogen) atoms. The molecule has 1 aliphatic rings. The molecule has 1 aromatic carbocycles. The number of nitrogens with zero attached hydrogens (tertiary/aromatic N) is 2. The molecule has 2 aromatic rings. The van der Waals surface area contributed by atoms with Crippen molar-refractivity contribution in [2.45, 2.75) is 38.8 Å². The molecule has 0 bridgehead atoms. The smallest absolute Gasteiger partial charge is 0.270 e. The van der Waals surface area contributed by atoms with E-state index < -0.39 is 0 Å². The van der Waals surface area contributed by atoms with Crippen molar-refractivity contribution in [2.24, 2.45) is 0 Å². The summed E-state index contributed by atoms with van der Waals surface area (Å²) in [6.07, 6.45) is 2.06. The van der Waals surface area contributed by atoms with E-state index in [2.05, 4.69) is 23.7 Å². The van der Waals surface area contributed by atoms with Crippen molar-refractivity contribution in [3.05, 3.63) is 35.0 Å². The molecule has 1 saturated heterocycles. The summed E-state index contributed by atoms with van der Waals surface area (Å²) in [5.74, 6) is 0.0419. The Kier molecular flexibility index (Phi) is 4.64. The summed E-state index contributed by atoms with van der Waals surface area (Å²) in [6.45, 7) is 6.56. The summed E-state index contributed by atoms with van der Waals surface area (Å²) in [6, 6.07) is 8.48. The first-order valence-electron chi connectivity index (χ1n) is 8.26. The van der Waals surface area contributed by atoms with Crippen LogP contribution in [0.3, 0.4) is 0 Å². The van der Waals surface area contributed by atoms with Crippen molar-refractivity contribution in [3.8, 4) is 0 Å². The van der Waals surface area contributed by atoms with Crippen LogP contribution in [0.1, 0.15) is 37.2 Å². The van der Waals surface area contributed by atoms with Crippen LogP contribution in [0.4, 0.5) is 0 Å². The number of hydrogen-bond acceptors (Lipinski definition) is 2. The highest BCUT2D eigenvalue weighted by Crippen LogP contribution is 2.25. The summed E-state index contributed by atoms with van der Waals surface area (Å²) in [5.41, 5.74) is 1.45. The van der Waals surface area contributed by atoms with Gasteiger partial charge in [-0.05, 0) is 38.8 Å². The lowest BCUT2D eigenvalue weighted by Crippen LogP contribution is -2.47. The van der Waals surface area contributed by atoms with E-state index in [0.717, 1.165) is 36.8 Å². The monoisotopic (exact) mass is 333 g/mol. The quantitative estimate of drug-likeness (QED) is 0.928. The molecule has 1 fully saturated rings. The Labute approximate surface area is 142 Å². The van der Waals surface area contributed by atoms with Gasteiger partial charge in [0.25, 0.3) is 5.91 Å². The zero-order chi connectivity index (χ0) is 16.6. The minimum atomic E-state index is 0.0419. The molecule has 1 amide bonds. The number of nitrogens with one attached hydrogen (secondary N) is 1. The maximum Gasteiger partial charge on any atom is 0.270 e. The number of fused-ring (bicyclic) bond motifs is 1. The largest absolute Gasteiger partial charge is 0.349 e. The number of benzene rings is 1. The van der Waals surface area contributed by atoms with E-state index in [1.165, 1.54) is 0 Å². The number of piperidine rings is 1. The molecule has 1 aromatic heterocycles. The van der Waals surface area contributed by atoms with Crippen molar-refractivity contribution in [3.63, 3.8) is 0 Å². The Morgan fingerprint density at radius 2 is 2.04 bits per heavy atom. The van der Waals surface area contributed by atoms with Gasteiger partial charge in [-0.2, -0.15) is 0 Å². The molecule has 0 atom stereocenters. The van der Waals surface area contributed by atoms with Gasteiger partial charge in [0, 0.05) is 37.6 Å². The van der Waals surface area contributed by atoms with Crippen LogP contribution in [-0.2, 0) is 0 Å². The van der Waals surface area contributed by atoms with Crippen molar-refractivity contribution in [2.75, 3.05) is 20.1 Å². The Hall–Kier alpha value is -1.52.